The summed E-state index contributed by atoms with van der Waals surface area (Å²) in [5.74, 6) is 0. The van der Waals surface area contributed by atoms with Crippen molar-refractivity contribution in [2.45, 2.75) is 6.42 Å². The summed E-state index contributed by atoms with van der Waals surface area (Å²) in [7, 11) is 0. The average molecular weight is 314 g/mol. The fourth-order valence-corrected chi connectivity index (χ4v) is 2.77. The number of hydrogen-bond donors (Lipinski definition) is 0. The maximum Gasteiger partial charge on any atom is 0.138 e. The van der Waals surface area contributed by atoms with Crippen molar-refractivity contribution in [3.8, 4) is 11.1 Å². The van der Waals surface area contributed by atoms with Crippen molar-refractivity contribution in [3.05, 3.63) is 88.2 Å². The third kappa shape index (κ3) is 3.26. The van der Waals surface area contributed by atoms with E-state index in [0.29, 0.717) is 10.3 Å². The van der Waals surface area contributed by atoms with Crippen LogP contribution in [0.1, 0.15) is 11.1 Å². The fourth-order valence-electron chi connectivity index (χ4n) is 2.27. The lowest BCUT2D eigenvalue weighted by atomic mass is 10.0. The van der Waals surface area contributed by atoms with Crippen molar-refractivity contribution >= 4 is 23.2 Å². The molecule has 0 atom stereocenters. The molecule has 3 rings (SSSR count). The van der Waals surface area contributed by atoms with Crippen LogP contribution in [0.15, 0.2) is 66.7 Å². The van der Waals surface area contributed by atoms with Gasteiger partial charge in [-0.1, -0.05) is 83.9 Å². The SMILES string of the molecule is Clc1nc(Cl)c(-c2ccccc2)cc1Cc1ccccc1. The van der Waals surface area contributed by atoms with Gasteiger partial charge in [0.2, 0.25) is 0 Å². The Morgan fingerprint density at radius 2 is 1.38 bits per heavy atom. The van der Waals surface area contributed by atoms with Crippen LogP contribution >= 0.6 is 23.2 Å². The molecule has 0 aliphatic heterocycles. The summed E-state index contributed by atoms with van der Waals surface area (Å²) in [6, 6.07) is 22.2. The number of hydrogen-bond acceptors (Lipinski definition) is 1. The zero-order valence-electron chi connectivity index (χ0n) is 11.3. The van der Waals surface area contributed by atoms with Gasteiger partial charge in [0.15, 0.2) is 0 Å². The maximum atomic E-state index is 6.24. The van der Waals surface area contributed by atoms with Gasteiger partial charge in [-0.05, 0) is 22.8 Å². The standard InChI is InChI=1S/C18H13Cl2N/c19-17-15(11-13-7-3-1-4-8-13)12-16(18(20)21-17)14-9-5-2-6-10-14/h1-10,12H,11H2. The Hall–Kier alpha value is -1.83. The van der Waals surface area contributed by atoms with Gasteiger partial charge in [-0.25, -0.2) is 4.98 Å². The van der Waals surface area contributed by atoms with Crippen molar-refractivity contribution in [2.75, 3.05) is 0 Å². The molecule has 3 aromatic rings. The summed E-state index contributed by atoms with van der Waals surface area (Å²) in [5, 5.41) is 0.895. The molecular weight excluding hydrogens is 301 g/mol. The third-order valence-corrected chi connectivity index (χ3v) is 3.94. The highest BCUT2D eigenvalue weighted by atomic mass is 35.5. The Labute approximate surface area is 134 Å². The molecule has 21 heavy (non-hydrogen) atoms. The lowest BCUT2D eigenvalue weighted by Gasteiger charge is -2.09. The molecule has 0 unspecified atom stereocenters. The van der Waals surface area contributed by atoms with Gasteiger partial charge in [-0.15, -0.1) is 0 Å². The second-order valence-electron chi connectivity index (χ2n) is 4.81. The largest absolute Gasteiger partial charge is 0.223 e. The number of rotatable bonds is 3. The Kier molecular flexibility index (Phi) is 4.23. The molecule has 0 bridgehead atoms. The first-order valence-electron chi connectivity index (χ1n) is 6.68. The normalized spacial score (nSPS) is 10.6. The van der Waals surface area contributed by atoms with Crippen LogP contribution in [-0.2, 0) is 6.42 Å². The molecule has 1 aromatic heterocycles. The highest BCUT2D eigenvalue weighted by Crippen LogP contribution is 2.31. The number of benzene rings is 2. The molecule has 1 nitrogen and oxygen atoms in total. The Bertz CT molecular complexity index is 740. The van der Waals surface area contributed by atoms with Gasteiger partial charge in [0.05, 0.1) is 0 Å². The van der Waals surface area contributed by atoms with E-state index in [1.807, 2.05) is 54.6 Å². The molecule has 0 aliphatic rings. The van der Waals surface area contributed by atoms with Gasteiger partial charge in [0.25, 0.3) is 0 Å². The summed E-state index contributed by atoms with van der Waals surface area (Å²) < 4.78 is 0. The molecule has 0 fully saturated rings. The molecule has 0 saturated carbocycles. The van der Waals surface area contributed by atoms with Gasteiger partial charge >= 0.3 is 0 Å². The highest BCUT2D eigenvalue weighted by Gasteiger charge is 2.11. The summed E-state index contributed by atoms with van der Waals surface area (Å²) in [5.41, 5.74) is 4.13. The van der Waals surface area contributed by atoms with Crippen molar-refractivity contribution in [2.24, 2.45) is 0 Å². The smallest absolute Gasteiger partial charge is 0.138 e. The maximum absolute atomic E-state index is 6.24. The predicted octanol–water partition coefficient (Wildman–Crippen LogP) is 5.65. The molecule has 1 heterocycles. The minimum Gasteiger partial charge on any atom is -0.223 e. The van der Waals surface area contributed by atoms with E-state index >= 15 is 0 Å². The molecule has 104 valence electrons. The fraction of sp³-hybridized carbons (Fsp3) is 0.0556. The number of halogens is 2. The average Bonchev–Trinajstić information content (AvgIpc) is 2.52. The van der Waals surface area contributed by atoms with E-state index in [1.165, 1.54) is 5.56 Å². The number of nitrogens with zero attached hydrogens (tertiary/aromatic N) is 1. The van der Waals surface area contributed by atoms with Gasteiger partial charge < -0.3 is 0 Å². The second-order valence-corrected chi connectivity index (χ2v) is 5.52. The molecular formula is C18H13Cl2N. The number of aromatic nitrogens is 1. The summed E-state index contributed by atoms with van der Waals surface area (Å²) >= 11 is 12.5. The molecule has 2 aromatic carbocycles. The van der Waals surface area contributed by atoms with Gasteiger partial charge in [-0.3, -0.25) is 0 Å². The van der Waals surface area contributed by atoms with Gasteiger partial charge in [0, 0.05) is 12.0 Å². The van der Waals surface area contributed by atoms with Crippen LogP contribution in [0, 0.1) is 0 Å². The van der Waals surface area contributed by atoms with Crippen LogP contribution in [0.25, 0.3) is 11.1 Å². The first kappa shape index (κ1) is 14.1. The topological polar surface area (TPSA) is 12.9 Å². The highest BCUT2D eigenvalue weighted by molar-refractivity contribution is 6.34. The van der Waals surface area contributed by atoms with Crippen molar-refractivity contribution in [3.63, 3.8) is 0 Å². The Morgan fingerprint density at radius 1 is 0.762 bits per heavy atom. The molecule has 0 radical (unpaired) electrons. The van der Waals surface area contributed by atoms with Crippen LogP contribution in [-0.4, -0.2) is 4.98 Å². The molecule has 0 aliphatic carbocycles. The van der Waals surface area contributed by atoms with Crippen LogP contribution in [0.3, 0.4) is 0 Å². The Morgan fingerprint density at radius 3 is 2.05 bits per heavy atom. The van der Waals surface area contributed by atoms with E-state index in [9.17, 15) is 0 Å². The Balaban J connectivity index is 2.02. The lowest BCUT2D eigenvalue weighted by molar-refractivity contribution is 1.15. The zero-order chi connectivity index (χ0) is 14.7. The van der Waals surface area contributed by atoms with Gasteiger partial charge in [0.1, 0.15) is 10.3 Å². The second kappa shape index (κ2) is 6.30. The first-order chi connectivity index (χ1) is 10.2. The molecule has 0 spiro atoms. The van der Waals surface area contributed by atoms with Crippen molar-refractivity contribution in [1.29, 1.82) is 0 Å². The monoisotopic (exact) mass is 313 g/mol. The van der Waals surface area contributed by atoms with E-state index in [4.69, 9.17) is 23.2 Å². The molecule has 0 saturated heterocycles. The van der Waals surface area contributed by atoms with Crippen LogP contribution in [0.4, 0.5) is 0 Å². The molecule has 3 heteroatoms. The minimum absolute atomic E-state index is 0.433. The van der Waals surface area contributed by atoms with Crippen LogP contribution in [0.5, 0.6) is 0 Å². The summed E-state index contributed by atoms with van der Waals surface area (Å²) in [6.45, 7) is 0. The molecule has 0 N–H and O–H groups in total. The van der Waals surface area contributed by atoms with Crippen LogP contribution in [0.2, 0.25) is 10.3 Å². The lowest BCUT2D eigenvalue weighted by Crippen LogP contribution is -1.94. The van der Waals surface area contributed by atoms with E-state index in [-0.39, 0.29) is 0 Å². The first-order valence-corrected chi connectivity index (χ1v) is 7.44. The van der Waals surface area contributed by atoms with Crippen molar-refractivity contribution in [1.82, 2.24) is 4.98 Å². The summed E-state index contributed by atoms with van der Waals surface area (Å²) in [6.07, 6.45) is 0.740. The summed E-state index contributed by atoms with van der Waals surface area (Å²) in [4.78, 5) is 4.28. The quantitative estimate of drug-likeness (QED) is 0.570. The third-order valence-electron chi connectivity index (χ3n) is 3.32. The number of pyridine rings is 1. The molecule has 0 amide bonds. The zero-order valence-corrected chi connectivity index (χ0v) is 12.8. The van der Waals surface area contributed by atoms with E-state index in [1.54, 1.807) is 0 Å². The minimum atomic E-state index is 0.433. The van der Waals surface area contributed by atoms with Gasteiger partial charge in [-0.2, -0.15) is 0 Å². The van der Waals surface area contributed by atoms with E-state index in [2.05, 4.69) is 17.1 Å². The predicted molar refractivity (Wildman–Crippen MR) is 88.9 cm³/mol. The van der Waals surface area contributed by atoms with E-state index in [0.717, 1.165) is 23.1 Å². The van der Waals surface area contributed by atoms with Crippen molar-refractivity contribution < 1.29 is 0 Å². The van der Waals surface area contributed by atoms with Crippen LogP contribution < -0.4 is 0 Å². The van der Waals surface area contributed by atoms with E-state index < -0.39 is 0 Å².